The minimum Gasteiger partial charge on any atom is -0.350 e. The summed E-state index contributed by atoms with van der Waals surface area (Å²) in [5.41, 5.74) is 1.21. The highest BCUT2D eigenvalue weighted by Crippen LogP contribution is 2.24. The number of rotatable bonds is 5. The van der Waals surface area contributed by atoms with Gasteiger partial charge in [-0.1, -0.05) is 36.8 Å². The first-order valence-electron chi connectivity index (χ1n) is 8.42. The molecule has 0 aliphatic carbocycles. The lowest BCUT2D eigenvalue weighted by Crippen LogP contribution is -2.40. The topological polar surface area (TPSA) is 45.2 Å². The average molecular weight is 327 g/mol. The van der Waals surface area contributed by atoms with E-state index in [1.54, 1.807) is 0 Å². The Morgan fingerprint density at radius 1 is 1.17 bits per heavy atom. The number of carbonyl (C=O) groups excluding carboxylic acids is 1. The fourth-order valence-corrected chi connectivity index (χ4v) is 3.21. The monoisotopic (exact) mass is 327 g/mol. The van der Waals surface area contributed by atoms with Gasteiger partial charge in [0.05, 0.1) is 17.8 Å². The number of nitrogens with zero attached hydrogens (tertiary/aromatic N) is 2. The zero-order chi connectivity index (χ0) is 16.8. The number of benzene rings is 1. The molecule has 1 fully saturated rings. The van der Waals surface area contributed by atoms with Crippen LogP contribution in [-0.4, -0.2) is 35.4 Å². The molecule has 0 saturated carbocycles. The lowest BCUT2D eigenvalue weighted by Gasteiger charge is -2.35. The summed E-state index contributed by atoms with van der Waals surface area (Å²) in [5.74, 6) is -0.989. The van der Waals surface area contributed by atoms with Crippen LogP contribution in [-0.2, 0) is 0 Å². The molecule has 1 amide bonds. The van der Waals surface area contributed by atoms with Crippen molar-refractivity contribution in [3.63, 3.8) is 0 Å². The predicted molar refractivity (Wildman–Crippen MR) is 91.1 cm³/mol. The van der Waals surface area contributed by atoms with Crippen LogP contribution in [0.25, 0.3) is 0 Å². The lowest BCUT2D eigenvalue weighted by atomic mass is 10.0. The van der Waals surface area contributed by atoms with Gasteiger partial charge < -0.3 is 5.32 Å². The normalized spacial score (nSPS) is 16.5. The van der Waals surface area contributed by atoms with E-state index in [2.05, 4.69) is 27.3 Å². The Bertz CT molecular complexity index is 671. The van der Waals surface area contributed by atoms with Gasteiger partial charge in [-0.05, 0) is 37.6 Å². The van der Waals surface area contributed by atoms with E-state index in [9.17, 15) is 9.18 Å². The van der Waals surface area contributed by atoms with E-state index in [-0.39, 0.29) is 11.6 Å². The Morgan fingerprint density at radius 3 is 2.62 bits per heavy atom. The van der Waals surface area contributed by atoms with Crippen LogP contribution in [0.5, 0.6) is 0 Å². The number of hydrogen-bond acceptors (Lipinski definition) is 3. The van der Waals surface area contributed by atoms with Gasteiger partial charge in [0.15, 0.2) is 5.82 Å². The van der Waals surface area contributed by atoms with E-state index < -0.39 is 11.7 Å². The molecular weight excluding hydrogens is 305 g/mol. The van der Waals surface area contributed by atoms with Crippen LogP contribution in [0.1, 0.15) is 41.2 Å². The van der Waals surface area contributed by atoms with Crippen molar-refractivity contribution in [3.05, 3.63) is 65.7 Å². The van der Waals surface area contributed by atoms with Gasteiger partial charge in [0, 0.05) is 12.7 Å². The molecule has 24 heavy (non-hydrogen) atoms. The van der Waals surface area contributed by atoms with E-state index in [0.29, 0.717) is 6.54 Å². The van der Waals surface area contributed by atoms with Crippen LogP contribution < -0.4 is 5.32 Å². The molecule has 0 spiro atoms. The summed E-state index contributed by atoms with van der Waals surface area (Å²) in [7, 11) is 0. The quantitative estimate of drug-likeness (QED) is 0.917. The van der Waals surface area contributed by atoms with Gasteiger partial charge in [-0.3, -0.25) is 14.7 Å². The third-order valence-electron chi connectivity index (χ3n) is 4.49. The zero-order valence-electron chi connectivity index (χ0n) is 13.6. The molecule has 1 aromatic heterocycles. The number of amides is 1. The summed E-state index contributed by atoms with van der Waals surface area (Å²) < 4.78 is 13.7. The van der Waals surface area contributed by atoms with Gasteiger partial charge in [0.25, 0.3) is 5.91 Å². The molecule has 4 nitrogen and oxygen atoms in total. The first kappa shape index (κ1) is 16.6. The fraction of sp³-hybridized carbons (Fsp3) is 0.368. The Morgan fingerprint density at radius 2 is 1.92 bits per heavy atom. The van der Waals surface area contributed by atoms with Crippen molar-refractivity contribution in [2.45, 2.75) is 25.3 Å². The van der Waals surface area contributed by atoms with Crippen LogP contribution >= 0.6 is 0 Å². The van der Waals surface area contributed by atoms with Gasteiger partial charge in [0.1, 0.15) is 0 Å². The summed E-state index contributed by atoms with van der Waals surface area (Å²) in [6.45, 7) is 2.52. The van der Waals surface area contributed by atoms with Crippen LogP contribution in [0.3, 0.4) is 0 Å². The van der Waals surface area contributed by atoms with Gasteiger partial charge in [0.2, 0.25) is 0 Å². The Balaban J connectivity index is 1.72. The van der Waals surface area contributed by atoms with Crippen molar-refractivity contribution in [2.24, 2.45) is 0 Å². The number of likely N-dealkylation sites (tertiary alicyclic amines) is 1. The van der Waals surface area contributed by atoms with Crippen molar-refractivity contribution in [3.8, 4) is 0 Å². The molecule has 1 unspecified atom stereocenters. The molecule has 1 atom stereocenters. The van der Waals surface area contributed by atoms with Gasteiger partial charge in [-0.15, -0.1) is 0 Å². The molecule has 1 aromatic carbocycles. The predicted octanol–water partition coefficient (Wildman–Crippen LogP) is 3.18. The van der Waals surface area contributed by atoms with E-state index in [1.165, 1.54) is 37.1 Å². The maximum absolute atomic E-state index is 13.7. The van der Waals surface area contributed by atoms with Crippen molar-refractivity contribution < 1.29 is 9.18 Å². The second kappa shape index (κ2) is 8.02. The number of aromatic nitrogens is 1. The zero-order valence-corrected chi connectivity index (χ0v) is 13.6. The standard InChI is InChI=1S/C19H22FN3O/c20-17-13-21-10-9-16(17)19(24)22-14-18(15-7-3-1-4-8-15)23-11-5-2-6-12-23/h1,3-4,7-10,13,18H,2,5-6,11-12,14H2,(H,22,24). The highest BCUT2D eigenvalue weighted by Gasteiger charge is 2.23. The third kappa shape index (κ3) is 3.97. The molecule has 1 saturated heterocycles. The van der Waals surface area contributed by atoms with Crippen LogP contribution in [0.2, 0.25) is 0 Å². The van der Waals surface area contributed by atoms with Crippen LogP contribution in [0.15, 0.2) is 48.8 Å². The number of halogens is 1. The second-order valence-electron chi connectivity index (χ2n) is 6.09. The molecule has 0 bridgehead atoms. The van der Waals surface area contributed by atoms with E-state index >= 15 is 0 Å². The first-order chi connectivity index (χ1) is 11.8. The van der Waals surface area contributed by atoms with Gasteiger partial charge in [-0.25, -0.2) is 4.39 Å². The van der Waals surface area contributed by atoms with Crippen molar-refractivity contribution in [1.82, 2.24) is 15.2 Å². The molecular formula is C19H22FN3O. The van der Waals surface area contributed by atoms with E-state index in [1.807, 2.05) is 18.2 Å². The van der Waals surface area contributed by atoms with Crippen molar-refractivity contribution in [1.29, 1.82) is 0 Å². The molecule has 2 aromatic rings. The maximum Gasteiger partial charge on any atom is 0.254 e. The molecule has 1 aliphatic heterocycles. The summed E-state index contributed by atoms with van der Waals surface area (Å²) in [6.07, 6.45) is 6.10. The number of pyridine rings is 1. The summed E-state index contributed by atoms with van der Waals surface area (Å²) in [6, 6.07) is 11.7. The Hall–Kier alpha value is -2.27. The van der Waals surface area contributed by atoms with E-state index in [0.717, 1.165) is 19.3 Å². The maximum atomic E-state index is 13.7. The second-order valence-corrected chi connectivity index (χ2v) is 6.09. The molecule has 0 radical (unpaired) electrons. The molecule has 3 rings (SSSR count). The van der Waals surface area contributed by atoms with Crippen LogP contribution in [0.4, 0.5) is 4.39 Å². The summed E-state index contributed by atoms with van der Waals surface area (Å²) in [5, 5.41) is 2.89. The third-order valence-corrected chi connectivity index (χ3v) is 4.49. The van der Waals surface area contributed by atoms with Gasteiger partial charge >= 0.3 is 0 Å². The minimum atomic E-state index is -0.593. The summed E-state index contributed by atoms with van der Waals surface area (Å²) in [4.78, 5) is 18.4. The van der Waals surface area contributed by atoms with Gasteiger partial charge in [-0.2, -0.15) is 0 Å². The molecule has 1 aliphatic rings. The molecule has 2 heterocycles. The smallest absolute Gasteiger partial charge is 0.254 e. The SMILES string of the molecule is O=C(NCC(c1ccccc1)N1CCCCC1)c1ccncc1F. The average Bonchev–Trinajstić information content (AvgIpc) is 2.64. The van der Waals surface area contributed by atoms with Crippen molar-refractivity contribution in [2.75, 3.05) is 19.6 Å². The number of carbonyl (C=O) groups is 1. The minimum absolute atomic E-state index is 0.0375. The highest BCUT2D eigenvalue weighted by molar-refractivity contribution is 5.94. The molecule has 1 N–H and O–H groups in total. The fourth-order valence-electron chi connectivity index (χ4n) is 3.21. The number of piperidine rings is 1. The Labute approximate surface area is 141 Å². The largest absolute Gasteiger partial charge is 0.350 e. The Kier molecular flexibility index (Phi) is 5.54. The molecule has 126 valence electrons. The summed E-state index contributed by atoms with van der Waals surface area (Å²) >= 11 is 0. The highest BCUT2D eigenvalue weighted by atomic mass is 19.1. The van der Waals surface area contributed by atoms with Crippen molar-refractivity contribution >= 4 is 5.91 Å². The number of hydrogen-bond donors (Lipinski definition) is 1. The van der Waals surface area contributed by atoms with Crippen LogP contribution in [0, 0.1) is 5.82 Å². The first-order valence-corrected chi connectivity index (χ1v) is 8.42. The van der Waals surface area contributed by atoms with E-state index in [4.69, 9.17) is 0 Å². The number of nitrogens with one attached hydrogen (secondary N) is 1. The molecule has 5 heteroatoms. The lowest BCUT2D eigenvalue weighted by molar-refractivity contribution is 0.0920.